The normalized spacial score (nSPS) is 14.5. The van der Waals surface area contributed by atoms with Gasteiger partial charge in [0.05, 0.1) is 6.10 Å². The van der Waals surface area contributed by atoms with Gasteiger partial charge in [0.15, 0.2) is 0 Å². The van der Waals surface area contributed by atoms with Crippen LogP contribution in [0.25, 0.3) is 0 Å². The Bertz CT molecular complexity index is 348. The molecular weight excluding hydrogens is 224 g/mol. The van der Waals surface area contributed by atoms with Crippen LogP contribution in [0.1, 0.15) is 24.2 Å². The van der Waals surface area contributed by atoms with E-state index in [4.69, 9.17) is 0 Å². The summed E-state index contributed by atoms with van der Waals surface area (Å²) >= 11 is 3.92. The predicted octanol–water partition coefficient (Wildman–Crippen LogP) is 1.14. The van der Waals surface area contributed by atoms with Gasteiger partial charge < -0.3 is 10.2 Å². The zero-order valence-electron chi connectivity index (χ0n) is 9.13. The van der Waals surface area contributed by atoms with Gasteiger partial charge in [0.25, 0.3) is 0 Å². The molecule has 1 rings (SSSR count). The lowest BCUT2D eigenvalue weighted by molar-refractivity contribution is -0.116. The molecule has 0 saturated carbocycles. The van der Waals surface area contributed by atoms with E-state index in [1.165, 1.54) is 6.92 Å². The quantitative estimate of drug-likeness (QED) is 0.677. The molecule has 1 aromatic rings. The van der Waals surface area contributed by atoms with Crippen LogP contribution < -0.4 is 0 Å². The molecule has 0 aliphatic heterocycles. The van der Waals surface area contributed by atoms with Crippen LogP contribution in [-0.4, -0.2) is 27.9 Å². The van der Waals surface area contributed by atoms with Crippen molar-refractivity contribution in [1.29, 1.82) is 0 Å². The van der Waals surface area contributed by atoms with Gasteiger partial charge in [0, 0.05) is 12.2 Å². The summed E-state index contributed by atoms with van der Waals surface area (Å²) in [5, 5.41) is 19.1. The van der Waals surface area contributed by atoms with Crippen molar-refractivity contribution in [3.63, 3.8) is 0 Å². The fraction of sp³-hybridized carbons (Fsp3) is 0.417. The Kier molecular flexibility index (Phi) is 4.99. The van der Waals surface area contributed by atoms with Crippen molar-refractivity contribution in [2.24, 2.45) is 0 Å². The fourth-order valence-electron chi connectivity index (χ4n) is 1.44. The number of Topliss-reactive ketones (excluding diaryl/α,β-unsaturated/α-hetero) is 1. The second kappa shape index (κ2) is 6.03. The highest BCUT2D eigenvalue weighted by Gasteiger charge is 2.16. The summed E-state index contributed by atoms with van der Waals surface area (Å²) < 4.78 is 0. The number of hydrogen-bond donors (Lipinski definition) is 3. The maximum atomic E-state index is 10.9. The van der Waals surface area contributed by atoms with E-state index in [1.54, 1.807) is 24.3 Å². The Morgan fingerprint density at radius 1 is 1.31 bits per heavy atom. The zero-order chi connectivity index (χ0) is 12.1. The molecule has 0 radical (unpaired) electrons. The van der Waals surface area contributed by atoms with Gasteiger partial charge in [-0.1, -0.05) is 24.3 Å². The first-order valence-corrected chi connectivity index (χ1v) is 5.73. The van der Waals surface area contributed by atoms with Crippen molar-refractivity contribution in [3.8, 4) is 0 Å². The second-order valence-electron chi connectivity index (χ2n) is 3.82. The first-order valence-electron chi connectivity index (χ1n) is 5.10. The number of ketones is 1. The number of thiol groups is 1. The number of aliphatic hydroxyl groups excluding tert-OH is 2. The molecule has 16 heavy (non-hydrogen) atoms. The number of aliphatic hydroxyl groups is 2. The largest absolute Gasteiger partial charge is 0.389 e. The molecule has 2 N–H and O–H groups in total. The third-order valence-electron chi connectivity index (χ3n) is 2.33. The molecule has 0 fully saturated rings. The second-order valence-corrected chi connectivity index (χ2v) is 4.18. The summed E-state index contributed by atoms with van der Waals surface area (Å²) in [4.78, 5) is 10.9. The molecule has 0 aliphatic carbocycles. The van der Waals surface area contributed by atoms with Gasteiger partial charge >= 0.3 is 0 Å². The zero-order valence-corrected chi connectivity index (χ0v) is 10.0. The Balaban J connectivity index is 2.74. The van der Waals surface area contributed by atoms with Gasteiger partial charge in [-0.2, -0.15) is 12.6 Å². The number of rotatable bonds is 5. The van der Waals surface area contributed by atoms with Crippen molar-refractivity contribution in [3.05, 3.63) is 35.4 Å². The first kappa shape index (κ1) is 13.2. The van der Waals surface area contributed by atoms with Crippen LogP contribution >= 0.6 is 12.6 Å². The smallest absolute Gasteiger partial charge is 0.134 e. The molecule has 0 amide bonds. The topological polar surface area (TPSA) is 57.5 Å². The van der Waals surface area contributed by atoms with Crippen molar-refractivity contribution in [2.45, 2.75) is 25.6 Å². The molecule has 0 heterocycles. The Labute approximate surface area is 101 Å². The summed E-state index contributed by atoms with van der Waals surface area (Å²) in [5.41, 5.74) is 1.54. The lowest BCUT2D eigenvalue weighted by atomic mass is 10.0. The van der Waals surface area contributed by atoms with Crippen molar-refractivity contribution in [1.82, 2.24) is 0 Å². The molecule has 0 saturated heterocycles. The van der Waals surface area contributed by atoms with Crippen LogP contribution in [0.3, 0.4) is 0 Å². The third kappa shape index (κ3) is 3.63. The van der Waals surface area contributed by atoms with E-state index in [1.807, 2.05) is 0 Å². The SMILES string of the molecule is CC(=O)Cc1ccc(C(O)C(O)CS)cc1. The predicted molar refractivity (Wildman–Crippen MR) is 65.6 cm³/mol. The standard InChI is InChI=1S/C12H16O3S/c1-8(13)6-9-2-4-10(5-3-9)12(15)11(14)7-16/h2-5,11-12,14-16H,6-7H2,1H3. The molecule has 3 nitrogen and oxygen atoms in total. The monoisotopic (exact) mass is 240 g/mol. The molecule has 0 aromatic heterocycles. The summed E-state index contributed by atoms with van der Waals surface area (Å²) in [6.45, 7) is 1.54. The number of carbonyl (C=O) groups is 1. The summed E-state index contributed by atoms with van der Waals surface area (Å²) in [6.07, 6.45) is -1.41. The average molecular weight is 240 g/mol. The minimum atomic E-state index is -0.927. The van der Waals surface area contributed by atoms with E-state index in [9.17, 15) is 15.0 Å². The van der Waals surface area contributed by atoms with Gasteiger partial charge in [0.1, 0.15) is 11.9 Å². The van der Waals surface area contributed by atoms with Gasteiger partial charge in [0.2, 0.25) is 0 Å². The highest BCUT2D eigenvalue weighted by molar-refractivity contribution is 7.80. The first-order chi connectivity index (χ1) is 7.54. The molecule has 0 aliphatic rings. The van der Waals surface area contributed by atoms with Gasteiger partial charge in [-0.25, -0.2) is 0 Å². The van der Waals surface area contributed by atoms with Gasteiger partial charge in [-0.05, 0) is 18.1 Å². The summed E-state index contributed by atoms with van der Waals surface area (Å²) in [7, 11) is 0. The van der Waals surface area contributed by atoms with Crippen LogP contribution in [0.5, 0.6) is 0 Å². The van der Waals surface area contributed by atoms with E-state index in [2.05, 4.69) is 12.6 Å². The minimum absolute atomic E-state index is 0.101. The average Bonchev–Trinajstić information content (AvgIpc) is 2.27. The van der Waals surface area contributed by atoms with E-state index in [0.29, 0.717) is 12.0 Å². The van der Waals surface area contributed by atoms with Crippen molar-refractivity contribution < 1.29 is 15.0 Å². The van der Waals surface area contributed by atoms with E-state index < -0.39 is 12.2 Å². The Morgan fingerprint density at radius 3 is 2.31 bits per heavy atom. The number of carbonyl (C=O) groups excluding carboxylic acids is 1. The molecule has 2 atom stereocenters. The van der Waals surface area contributed by atoms with Gasteiger partial charge in [-0.15, -0.1) is 0 Å². The molecular formula is C12H16O3S. The maximum Gasteiger partial charge on any atom is 0.134 e. The van der Waals surface area contributed by atoms with Crippen LogP contribution in [-0.2, 0) is 11.2 Å². The van der Waals surface area contributed by atoms with Crippen LogP contribution in [0, 0.1) is 0 Å². The number of benzene rings is 1. The third-order valence-corrected chi connectivity index (χ3v) is 2.70. The highest BCUT2D eigenvalue weighted by atomic mass is 32.1. The van der Waals surface area contributed by atoms with Crippen LogP contribution in [0.2, 0.25) is 0 Å². The van der Waals surface area contributed by atoms with E-state index >= 15 is 0 Å². The van der Waals surface area contributed by atoms with Crippen molar-refractivity contribution in [2.75, 3.05) is 5.75 Å². The molecule has 88 valence electrons. The fourth-order valence-corrected chi connectivity index (χ4v) is 1.64. The lowest BCUT2D eigenvalue weighted by Gasteiger charge is -2.16. The Hall–Kier alpha value is -0.840. The summed E-state index contributed by atoms with van der Waals surface area (Å²) in [6, 6.07) is 7.00. The Morgan fingerprint density at radius 2 is 1.88 bits per heavy atom. The minimum Gasteiger partial charge on any atom is -0.389 e. The molecule has 4 heteroatoms. The van der Waals surface area contributed by atoms with E-state index in [0.717, 1.165) is 5.56 Å². The molecule has 2 unspecified atom stereocenters. The lowest BCUT2D eigenvalue weighted by Crippen LogP contribution is -2.19. The van der Waals surface area contributed by atoms with E-state index in [-0.39, 0.29) is 11.5 Å². The van der Waals surface area contributed by atoms with Gasteiger partial charge in [-0.3, -0.25) is 4.79 Å². The highest BCUT2D eigenvalue weighted by Crippen LogP contribution is 2.18. The number of hydrogen-bond acceptors (Lipinski definition) is 4. The molecule has 0 spiro atoms. The van der Waals surface area contributed by atoms with Crippen LogP contribution in [0.15, 0.2) is 24.3 Å². The molecule has 1 aromatic carbocycles. The maximum absolute atomic E-state index is 10.9. The van der Waals surface area contributed by atoms with Crippen molar-refractivity contribution >= 4 is 18.4 Å². The molecule has 0 bridgehead atoms. The summed E-state index contributed by atoms with van der Waals surface area (Å²) in [5.74, 6) is 0.305. The van der Waals surface area contributed by atoms with Crippen LogP contribution in [0.4, 0.5) is 0 Å².